The fraction of sp³-hybridized carbons (Fsp3) is 0.375. The number of unbranched alkanes of at least 4 members (excludes halogenated alkanes) is 1. The summed E-state index contributed by atoms with van der Waals surface area (Å²) in [5.74, 6) is -0.650. The number of benzene rings is 2. The van der Waals surface area contributed by atoms with Crippen molar-refractivity contribution in [3.8, 4) is 5.75 Å². The van der Waals surface area contributed by atoms with E-state index in [1.54, 1.807) is 29.2 Å². The molecule has 1 aliphatic rings. The predicted molar refractivity (Wildman–Crippen MR) is 117 cm³/mol. The van der Waals surface area contributed by atoms with E-state index in [-0.39, 0.29) is 25.1 Å². The summed E-state index contributed by atoms with van der Waals surface area (Å²) in [6, 6.07) is 14.4. The van der Waals surface area contributed by atoms with E-state index in [0.29, 0.717) is 17.9 Å². The van der Waals surface area contributed by atoms with E-state index < -0.39 is 11.9 Å². The highest BCUT2D eigenvalue weighted by Crippen LogP contribution is 2.31. The van der Waals surface area contributed by atoms with Gasteiger partial charge in [0.25, 0.3) is 11.8 Å². The number of amides is 2. The van der Waals surface area contributed by atoms with Crippen LogP contribution in [0.3, 0.4) is 0 Å². The van der Waals surface area contributed by atoms with Crippen LogP contribution in [0.15, 0.2) is 48.5 Å². The van der Waals surface area contributed by atoms with E-state index >= 15 is 0 Å². The molecule has 2 amide bonds. The third-order valence-electron chi connectivity index (χ3n) is 5.11. The second-order valence-electron chi connectivity index (χ2n) is 7.52. The highest BCUT2D eigenvalue weighted by Gasteiger charge is 2.30. The van der Waals surface area contributed by atoms with Crippen molar-refractivity contribution < 1.29 is 23.9 Å². The number of fused-ring (bicyclic) bond motifs is 1. The summed E-state index contributed by atoms with van der Waals surface area (Å²) < 4.78 is 10.6. The van der Waals surface area contributed by atoms with Gasteiger partial charge in [0, 0.05) is 17.3 Å². The minimum Gasteiger partial charge on any atom is -0.494 e. The minimum atomic E-state index is -0.665. The van der Waals surface area contributed by atoms with Gasteiger partial charge in [0.2, 0.25) is 0 Å². The molecule has 7 nitrogen and oxygen atoms in total. The number of nitrogens with zero attached hydrogens (tertiary/aromatic N) is 1. The first-order valence-electron chi connectivity index (χ1n) is 10.6. The van der Waals surface area contributed by atoms with E-state index in [9.17, 15) is 14.4 Å². The number of para-hydroxylation sites is 1. The molecule has 3 rings (SSSR count). The number of carbonyl (C=O) groups excluding carboxylic acids is 3. The second kappa shape index (κ2) is 10.6. The van der Waals surface area contributed by atoms with Crippen LogP contribution in [0.5, 0.6) is 5.75 Å². The van der Waals surface area contributed by atoms with E-state index in [2.05, 4.69) is 12.2 Å². The first-order chi connectivity index (χ1) is 15.0. The van der Waals surface area contributed by atoms with Crippen molar-refractivity contribution in [3.63, 3.8) is 0 Å². The average molecular weight is 424 g/mol. The number of esters is 1. The van der Waals surface area contributed by atoms with Crippen molar-refractivity contribution in [2.24, 2.45) is 0 Å². The fourth-order valence-corrected chi connectivity index (χ4v) is 3.50. The van der Waals surface area contributed by atoms with Crippen LogP contribution in [0, 0.1) is 0 Å². The topological polar surface area (TPSA) is 84.9 Å². The van der Waals surface area contributed by atoms with Crippen LogP contribution in [0.2, 0.25) is 0 Å². The molecule has 0 radical (unpaired) electrons. The summed E-state index contributed by atoms with van der Waals surface area (Å²) in [5, 5.41) is 2.51. The summed E-state index contributed by atoms with van der Waals surface area (Å²) in [6.07, 6.45) is 2.79. The van der Waals surface area contributed by atoms with Crippen molar-refractivity contribution in [2.75, 3.05) is 24.7 Å². The molecule has 0 spiro atoms. The quantitative estimate of drug-likeness (QED) is 0.494. The predicted octanol–water partition coefficient (Wildman–Crippen LogP) is 3.12. The van der Waals surface area contributed by atoms with Crippen molar-refractivity contribution in [1.82, 2.24) is 5.32 Å². The Morgan fingerprint density at radius 1 is 1.10 bits per heavy atom. The van der Waals surface area contributed by atoms with Crippen LogP contribution in [-0.4, -0.2) is 43.6 Å². The Morgan fingerprint density at radius 3 is 2.58 bits per heavy atom. The smallest absolute Gasteiger partial charge is 0.325 e. The second-order valence-corrected chi connectivity index (χ2v) is 7.52. The van der Waals surface area contributed by atoms with Gasteiger partial charge in [-0.3, -0.25) is 14.4 Å². The Labute approximate surface area is 182 Å². The Balaban J connectivity index is 1.43. The SMILES string of the molecule is CCCCOc1ccc(C(=O)NCC(=O)OCC(=O)N2c3ccccc3C[C@H]2C)cc1. The fourth-order valence-electron chi connectivity index (χ4n) is 3.50. The maximum absolute atomic E-state index is 12.6. The van der Waals surface area contributed by atoms with Gasteiger partial charge in [0.15, 0.2) is 6.61 Å². The Hall–Kier alpha value is -3.35. The van der Waals surface area contributed by atoms with E-state index in [0.717, 1.165) is 30.5 Å². The maximum Gasteiger partial charge on any atom is 0.325 e. The summed E-state index contributed by atoms with van der Waals surface area (Å²) in [4.78, 5) is 38.4. The Morgan fingerprint density at radius 2 is 1.84 bits per heavy atom. The van der Waals surface area contributed by atoms with Crippen LogP contribution in [0.25, 0.3) is 0 Å². The van der Waals surface area contributed by atoms with Gasteiger partial charge in [-0.05, 0) is 55.7 Å². The molecule has 0 bridgehead atoms. The van der Waals surface area contributed by atoms with Crippen LogP contribution in [0.1, 0.15) is 42.6 Å². The molecule has 7 heteroatoms. The van der Waals surface area contributed by atoms with Crippen molar-refractivity contribution >= 4 is 23.5 Å². The molecule has 0 unspecified atom stereocenters. The molecule has 1 N–H and O–H groups in total. The van der Waals surface area contributed by atoms with Gasteiger partial charge in [-0.25, -0.2) is 0 Å². The lowest BCUT2D eigenvalue weighted by Gasteiger charge is -2.22. The van der Waals surface area contributed by atoms with Crippen LogP contribution in [-0.2, 0) is 20.7 Å². The van der Waals surface area contributed by atoms with Crippen LogP contribution in [0.4, 0.5) is 5.69 Å². The number of hydrogen-bond donors (Lipinski definition) is 1. The largest absolute Gasteiger partial charge is 0.494 e. The highest BCUT2D eigenvalue weighted by molar-refractivity contribution is 5.98. The Bertz CT molecular complexity index is 926. The van der Waals surface area contributed by atoms with Gasteiger partial charge in [0.1, 0.15) is 12.3 Å². The molecule has 2 aromatic carbocycles. The number of anilines is 1. The third-order valence-corrected chi connectivity index (χ3v) is 5.11. The molecular weight excluding hydrogens is 396 g/mol. The lowest BCUT2D eigenvalue weighted by molar-refractivity contribution is -0.146. The van der Waals surface area contributed by atoms with Crippen molar-refractivity contribution in [3.05, 3.63) is 59.7 Å². The number of carbonyl (C=O) groups is 3. The molecule has 0 saturated heterocycles. The first-order valence-corrected chi connectivity index (χ1v) is 10.6. The molecular formula is C24H28N2O5. The average Bonchev–Trinajstić information content (AvgIpc) is 3.12. The van der Waals surface area contributed by atoms with E-state index in [1.807, 2.05) is 31.2 Å². The molecule has 31 heavy (non-hydrogen) atoms. The first kappa shape index (κ1) is 22.3. The van der Waals surface area contributed by atoms with Crippen LogP contribution >= 0.6 is 0 Å². The summed E-state index contributed by atoms with van der Waals surface area (Å²) >= 11 is 0. The molecule has 0 aliphatic carbocycles. The molecule has 1 atom stereocenters. The Kier molecular flexibility index (Phi) is 7.65. The maximum atomic E-state index is 12.6. The molecule has 2 aromatic rings. The van der Waals surface area contributed by atoms with Gasteiger partial charge in [-0.15, -0.1) is 0 Å². The molecule has 164 valence electrons. The highest BCUT2D eigenvalue weighted by atomic mass is 16.5. The zero-order valence-corrected chi connectivity index (χ0v) is 17.9. The molecule has 0 saturated carbocycles. The zero-order chi connectivity index (χ0) is 22.2. The van der Waals surface area contributed by atoms with Crippen molar-refractivity contribution in [1.29, 1.82) is 0 Å². The monoisotopic (exact) mass is 424 g/mol. The molecule has 1 heterocycles. The van der Waals surface area contributed by atoms with Gasteiger partial charge >= 0.3 is 5.97 Å². The minimum absolute atomic E-state index is 0.0113. The third kappa shape index (κ3) is 5.84. The van der Waals surface area contributed by atoms with Gasteiger partial charge in [0.05, 0.1) is 6.61 Å². The summed E-state index contributed by atoms with van der Waals surface area (Å²) in [7, 11) is 0. The lowest BCUT2D eigenvalue weighted by Crippen LogP contribution is -2.39. The lowest BCUT2D eigenvalue weighted by atomic mass is 10.1. The molecule has 0 aromatic heterocycles. The number of ether oxygens (including phenoxy) is 2. The molecule has 1 aliphatic heterocycles. The van der Waals surface area contributed by atoms with Gasteiger partial charge < -0.3 is 19.7 Å². The zero-order valence-electron chi connectivity index (χ0n) is 17.9. The van der Waals surface area contributed by atoms with E-state index in [4.69, 9.17) is 9.47 Å². The van der Waals surface area contributed by atoms with Gasteiger partial charge in [-0.2, -0.15) is 0 Å². The van der Waals surface area contributed by atoms with Gasteiger partial charge in [-0.1, -0.05) is 31.5 Å². The number of rotatable bonds is 9. The van der Waals surface area contributed by atoms with Crippen LogP contribution < -0.4 is 15.0 Å². The molecule has 0 fully saturated rings. The number of hydrogen-bond acceptors (Lipinski definition) is 5. The summed E-state index contributed by atoms with van der Waals surface area (Å²) in [6.45, 7) is 4.00. The normalized spacial score (nSPS) is 14.6. The summed E-state index contributed by atoms with van der Waals surface area (Å²) in [5.41, 5.74) is 2.37. The van der Waals surface area contributed by atoms with Crippen molar-refractivity contribution in [2.45, 2.75) is 39.2 Å². The number of nitrogens with one attached hydrogen (secondary N) is 1. The standard InChI is InChI=1S/C24H28N2O5/c1-3-4-13-30-20-11-9-18(10-12-20)24(29)25-15-23(28)31-16-22(27)26-17(2)14-19-7-5-6-8-21(19)26/h5-12,17H,3-4,13-16H2,1-2H3,(H,25,29)/t17-/m1/s1. The van der Waals surface area contributed by atoms with E-state index in [1.165, 1.54) is 0 Å².